The van der Waals surface area contributed by atoms with Crippen LogP contribution in [0.2, 0.25) is 0 Å². The molecule has 0 fully saturated rings. The molecule has 0 aliphatic rings. The minimum atomic E-state index is -0.102. The third-order valence-electron chi connectivity index (χ3n) is 3.06. The van der Waals surface area contributed by atoms with E-state index in [2.05, 4.69) is 10.3 Å². The normalized spacial score (nSPS) is 10.4. The van der Waals surface area contributed by atoms with Gasteiger partial charge in [-0.3, -0.25) is 4.79 Å². The summed E-state index contributed by atoms with van der Waals surface area (Å²) in [6, 6.07) is 8.13. The first-order chi connectivity index (χ1) is 10.0. The molecule has 112 valence electrons. The van der Waals surface area contributed by atoms with Crippen LogP contribution >= 0.6 is 11.3 Å². The van der Waals surface area contributed by atoms with Gasteiger partial charge in [-0.25, -0.2) is 4.98 Å². The zero-order valence-corrected chi connectivity index (χ0v) is 13.3. The number of hydrogen-bond acceptors (Lipinski definition) is 5. The minimum Gasteiger partial charge on any atom is -0.382 e. The van der Waals surface area contributed by atoms with Crippen molar-refractivity contribution in [1.29, 1.82) is 0 Å². The van der Waals surface area contributed by atoms with Gasteiger partial charge in [-0.05, 0) is 19.4 Å². The Morgan fingerprint density at radius 2 is 2.05 bits per heavy atom. The van der Waals surface area contributed by atoms with Crippen molar-refractivity contribution in [2.75, 3.05) is 24.6 Å². The summed E-state index contributed by atoms with van der Waals surface area (Å²) in [5.74, 6) is 0.187. The average molecular weight is 304 g/mol. The quantitative estimate of drug-likeness (QED) is 0.891. The zero-order chi connectivity index (χ0) is 15.4. The van der Waals surface area contributed by atoms with Gasteiger partial charge in [0.25, 0.3) is 5.91 Å². The standard InChI is InChI=1S/C15H20N4OS/c1-4-17-15-18-13(16)12(21-15)14(20)19(3)9-11-7-5-10(2)6-8-11/h5-8H,4,9,16H2,1-3H3,(H,17,18). The van der Waals surface area contributed by atoms with Crippen molar-refractivity contribution in [3.63, 3.8) is 0 Å². The smallest absolute Gasteiger partial charge is 0.267 e. The molecule has 6 heteroatoms. The second kappa shape index (κ2) is 6.58. The molecule has 0 aliphatic carbocycles. The van der Waals surface area contributed by atoms with Crippen molar-refractivity contribution in [2.24, 2.45) is 0 Å². The Morgan fingerprint density at radius 3 is 2.67 bits per heavy atom. The molecule has 0 bridgehead atoms. The number of nitrogen functional groups attached to an aromatic ring is 1. The molecule has 0 spiro atoms. The van der Waals surface area contributed by atoms with Gasteiger partial charge in [0.1, 0.15) is 10.7 Å². The van der Waals surface area contributed by atoms with Crippen molar-refractivity contribution >= 4 is 28.2 Å². The highest BCUT2D eigenvalue weighted by Crippen LogP contribution is 2.26. The van der Waals surface area contributed by atoms with Crippen LogP contribution in [0.4, 0.5) is 10.9 Å². The van der Waals surface area contributed by atoms with E-state index in [9.17, 15) is 4.79 Å². The molecular formula is C15H20N4OS. The highest BCUT2D eigenvalue weighted by Gasteiger charge is 2.19. The Labute approximate surface area is 128 Å². The van der Waals surface area contributed by atoms with E-state index in [1.807, 2.05) is 38.1 Å². The third-order valence-corrected chi connectivity index (χ3v) is 4.08. The molecule has 0 aliphatic heterocycles. The van der Waals surface area contributed by atoms with Crippen LogP contribution in [-0.4, -0.2) is 29.4 Å². The first-order valence-electron chi connectivity index (χ1n) is 6.82. The van der Waals surface area contributed by atoms with E-state index in [1.165, 1.54) is 16.9 Å². The van der Waals surface area contributed by atoms with Crippen LogP contribution in [0, 0.1) is 6.92 Å². The molecule has 1 amide bonds. The van der Waals surface area contributed by atoms with E-state index in [0.717, 1.165) is 12.1 Å². The van der Waals surface area contributed by atoms with Crippen molar-refractivity contribution in [3.05, 3.63) is 40.3 Å². The summed E-state index contributed by atoms with van der Waals surface area (Å²) in [5, 5.41) is 3.76. The van der Waals surface area contributed by atoms with Crippen molar-refractivity contribution in [3.8, 4) is 0 Å². The Hall–Kier alpha value is -2.08. The average Bonchev–Trinajstić information content (AvgIpc) is 2.81. The lowest BCUT2D eigenvalue weighted by molar-refractivity contribution is 0.0790. The topological polar surface area (TPSA) is 71.2 Å². The highest BCUT2D eigenvalue weighted by atomic mass is 32.1. The summed E-state index contributed by atoms with van der Waals surface area (Å²) in [6.45, 7) is 5.31. The first-order valence-corrected chi connectivity index (χ1v) is 7.64. The predicted molar refractivity (Wildman–Crippen MR) is 87.7 cm³/mol. The number of aryl methyl sites for hydroxylation is 1. The zero-order valence-electron chi connectivity index (χ0n) is 12.5. The molecule has 2 rings (SSSR count). The fourth-order valence-corrected chi connectivity index (χ4v) is 2.87. The van der Waals surface area contributed by atoms with Gasteiger partial charge in [0, 0.05) is 20.1 Å². The van der Waals surface area contributed by atoms with Crippen LogP contribution in [0.15, 0.2) is 24.3 Å². The van der Waals surface area contributed by atoms with Gasteiger partial charge in [-0.15, -0.1) is 0 Å². The van der Waals surface area contributed by atoms with E-state index in [4.69, 9.17) is 5.73 Å². The Kier molecular flexibility index (Phi) is 4.80. The lowest BCUT2D eigenvalue weighted by Gasteiger charge is -2.16. The summed E-state index contributed by atoms with van der Waals surface area (Å²) < 4.78 is 0. The van der Waals surface area contributed by atoms with Gasteiger partial charge in [0.05, 0.1) is 0 Å². The van der Waals surface area contributed by atoms with Gasteiger partial charge >= 0.3 is 0 Å². The molecule has 0 radical (unpaired) electrons. The fraction of sp³-hybridized carbons (Fsp3) is 0.333. The molecule has 5 nitrogen and oxygen atoms in total. The number of nitrogens with one attached hydrogen (secondary N) is 1. The second-order valence-corrected chi connectivity index (χ2v) is 5.91. The largest absolute Gasteiger partial charge is 0.382 e. The summed E-state index contributed by atoms with van der Waals surface area (Å²) in [6.07, 6.45) is 0. The van der Waals surface area contributed by atoms with Crippen molar-refractivity contribution in [2.45, 2.75) is 20.4 Å². The minimum absolute atomic E-state index is 0.102. The van der Waals surface area contributed by atoms with Gasteiger partial charge < -0.3 is 16.0 Å². The molecule has 0 saturated carbocycles. The number of hydrogen-bond donors (Lipinski definition) is 2. The summed E-state index contributed by atoms with van der Waals surface area (Å²) in [5.41, 5.74) is 8.13. The fourth-order valence-electron chi connectivity index (χ4n) is 1.92. The number of aromatic nitrogens is 1. The number of benzene rings is 1. The number of amides is 1. The van der Waals surface area contributed by atoms with Crippen LogP contribution in [0.3, 0.4) is 0 Å². The molecule has 1 aromatic heterocycles. The monoisotopic (exact) mass is 304 g/mol. The maximum absolute atomic E-state index is 12.4. The van der Waals surface area contributed by atoms with E-state index >= 15 is 0 Å². The third kappa shape index (κ3) is 3.72. The number of carbonyl (C=O) groups is 1. The number of carbonyl (C=O) groups excluding carboxylic acids is 1. The summed E-state index contributed by atoms with van der Waals surface area (Å²) in [7, 11) is 1.77. The summed E-state index contributed by atoms with van der Waals surface area (Å²) >= 11 is 1.30. The Morgan fingerprint density at radius 1 is 1.38 bits per heavy atom. The van der Waals surface area contributed by atoms with E-state index in [0.29, 0.717) is 16.6 Å². The van der Waals surface area contributed by atoms with E-state index in [1.54, 1.807) is 11.9 Å². The number of rotatable bonds is 5. The van der Waals surface area contributed by atoms with E-state index < -0.39 is 0 Å². The molecule has 21 heavy (non-hydrogen) atoms. The SMILES string of the molecule is CCNc1nc(N)c(C(=O)N(C)Cc2ccc(C)cc2)s1. The Balaban J connectivity index is 2.09. The number of nitrogens with two attached hydrogens (primary N) is 1. The van der Waals surface area contributed by atoms with Crippen LogP contribution in [0.1, 0.15) is 27.7 Å². The molecule has 2 aromatic rings. The van der Waals surface area contributed by atoms with Crippen LogP contribution in [0.5, 0.6) is 0 Å². The maximum Gasteiger partial charge on any atom is 0.267 e. The van der Waals surface area contributed by atoms with Gasteiger partial charge in [-0.1, -0.05) is 41.2 Å². The highest BCUT2D eigenvalue weighted by molar-refractivity contribution is 7.18. The molecule has 0 atom stereocenters. The molecule has 0 unspecified atom stereocenters. The molecular weight excluding hydrogens is 284 g/mol. The lowest BCUT2D eigenvalue weighted by Crippen LogP contribution is -2.26. The molecule has 3 N–H and O–H groups in total. The Bertz CT molecular complexity index is 621. The summed E-state index contributed by atoms with van der Waals surface area (Å²) in [4.78, 5) is 18.7. The van der Waals surface area contributed by atoms with Crippen LogP contribution in [0.25, 0.3) is 0 Å². The maximum atomic E-state index is 12.4. The predicted octanol–water partition coefficient (Wildman–Crippen LogP) is 2.74. The van der Waals surface area contributed by atoms with Gasteiger partial charge in [0.2, 0.25) is 0 Å². The van der Waals surface area contributed by atoms with Crippen molar-refractivity contribution < 1.29 is 4.79 Å². The molecule has 1 heterocycles. The number of anilines is 2. The van der Waals surface area contributed by atoms with Crippen LogP contribution < -0.4 is 11.1 Å². The van der Waals surface area contributed by atoms with Gasteiger partial charge in [0.15, 0.2) is 5.13 Å². The number of thiazole rings is 1. The van der Waals surface area contributed by atoms with Crippen molar-refractivity contribution in [1.82, 2.24) is 9.88 Å². The van der Waals surface area contributed by atoms with E-state index in [-0.39, 0.29) is 11.7 Å². The first kappa shape index (κ1) is 15.3. The molecule has 1 aromatic carbocycles. The van der Waals surface area contributed by atoms with Gasteiger partial charge in [-0.2, -0.15) is 0 Å². The number of nitrogens with zero attached hydrogens (tertiary/aromatic N) is 2. The molecule has 0 saturated heterocycles. The second-order valence-electron chi connectivity index (χ2n) is 4.91. The van der Waals surface area contributed by atoms with Crippen LogP contribution in [-0.2, 0) is 6.54 Å². The lowest BCUT2D eigenvalue weighted by atomic mass is 10.1.